The molecule has 8 heteroatoms. The summed E-state index contributed by atoms with van der Waals surface area (Å²) in [5, 5.41) is 6.39. The maximum atomic E-state index is 13.7. The molecule has 3 aromatic rings. The Balaban J connectivity index is 1.81. The molecule has 0 unspecified atom stereocenters. The Hall–Kier alpha value is -3.42. The Bertz CT molecular complexity index is 1040. The number of allylic oxidation sites excluding steroid dienone is 1. The number of carbonyl (C=O) groups is 1. The average Bonchev–Trinajstić information content (AvgIpc) is 3.05. The minimum atomic E-state index is -3.25. The average molecular weight is 389 g/mol. The maximum absolute atomic E-state index is 13.7. The molecule has 0 aliphatic heterocycles. The zero-order chi connectivity index (χ0) is 20.5. The molecule has 0 saturated heterocycles. The highest BCUT2D eigenvalue weighted by atomic mass is 19.3. The number of nitrogens with zero attached hydrogens (tertiary/aromatic N) is 2. The first kappa shape index (κ1) is 19.3. The first-order valence-electron chi connectivity index (χ1n) is 8.16. The predicted octanol–water partition coefficient (Wildman–Crippen LogP) is 4.99. The highest BCUT2D eigenvalue weighted by molar-refractivity contribution is 6.04. The van der Waals surface area contributed by atoms with Crippen molar-refractivity contribution in [2.45, 2.75) is 12.8 Å². The van der Waals surface area contributed by atoms with E-state index in [1.54, 1.807) is 19.1 Å². The summed E-state index contributed by atoms with van der Waals surface area (Å²) in [5.74, 6) is -5.75. The highest BCUT2D eigenvalue weighted by Crippen LogP contribution is 2.29. The van der Waals surface area contributed by atoms with Crippen molar-refractivity contribution in [3.63, 3.8) is 0 Å². The van der Waals surface area contributed by atoms with Gasteiger partial charge in [0.25, 0.3) is 5.91 Å². The van der Waals surface area contributed by atoms with Gasteiger partial charge in [0.1, 0.15) is 17.3 Å². The third-order valence-corrected chi connectivity index (χ3v) is 4.03. The maximum Gasteiger partial charge on any atom is 0.309 e. The van der Waals surface area contributed by atoms with E-state index >= 15 is 0 Å². The molecule has 1 N–H and O–H groups in total. The third-order valence-electron chi connectivity index (χ3n) is 4.03. The molecule has 28 heavy (non-hydrogen) atoms. The van der Waals surface area contributed by atoms with Gasteiger partial charge in [-0.1, -0.05) is 6.58 Å². The van der Waals surface area contributed by atoms with Crippen LogP contribution in [0.3, 0.4) is 0 Å². The van der Waals surface area contributed by atoms with E-state index < -0.39 is 29.2 Å². The SMILES string of the molecule is C=CC(F)(F)c1cc(C)n(-c2ccc(NC(=O)c3ccc(F)cc3F)cc2)n1. The molecular formula is C20H15F4N3O. The number of amides is 1. The van der Waals surface area contributed by atoms with Crippen LogP contribution < -0.4 is 5.32 Å². The molecule has 4 nitrogen and oxygen atoms in total. The number of aromatic nitrogens is 2. The van der Waals surface area contributed by atoms with E-state index in [0.29, 0.717) is 29.2 Å². The number of halogens is 4. The largest absolute Gasteiger partial charge is 0.322 e. The number of aryl methyl sites for hydroxylation is 1. The van der Waals surface area contributed by atoms with Crippen molar-refractivity contribution in [1.82, 2.24) is 9.78 Å². The number of benzene rings is 2. The number of carbonyl (C=O) groups excluding carboxylic acids is 1. The number of hydrogen-bond donors (Lipinski definition) is 1. The van der Waals surface area contributed by atoms with Crippen LogP contribution >= 0.6 is 0 Å². The van der Waals surface area contributed by atoms with Crippen molar-refractivity contribution in [2.75, 3.05) is 5.32 Å². The van der Waals surface area contributed by atoms with Crippen molar-refractivity contribution in [3.8, 4) is 5.69 Å². The summed E-state index contributed by atoms with van der Waals surface area (Å²) in [6.45, 7) is 4.74. The number of nitrogens with one attached hydrogen (secondary N) is 1. The van der Waals surface area contributed by atoms with Crippen molar-refractivity contribution in [1.29, 1.82) is 0 Å². The van der Waals surface area contributed by atoms with E-state index in [1.807, 2.05) is 0 Å². The molecule has 2 aromatic carbocycles. The van der Waals surface area contributed by atoms with E-state index in [0.717, 1.165) is 12.1 Å². The van der Waals surface area contributed by atoms with Crippen LogP contribution in [-0.4, -0.2) is 15.7 Å². The topological polar surface area (TPSA) is 46.9 Å². The minimum Gasteiger partial charge on any atom is -0.322 e. The van der Waals surface area contributed by atoms with Gasteiger partial charge in [0, 0.05) is 17.4 Å². The molecule has 1 amide bonds. The standard InChI is InChI=1S/C20H15F4N3O/c1-3-20(23,24)18-10-12(2)27(26-18)15-7-5-14(6-8-15)25-19(28)16-9-4-13(21)11-17(16)22/h3-11H,1H2,2H3,(H,25,28). The van der Waals surface area contributed by atoms with Crippen molar-refractivity contribution in [3.05, 3.63) is 89.8 Å². The van der Waals surface area contributed by atoms with E-state index in [9.17, 15) is 22.4 Å². The molecule has 0 saturated carbocycles. The predicted molar refractivity (Wildman–Crippen MR) is 96.7 cm³/mol. The van der Waals surface area contributed by atoms with Crippen molar-refractivity contribution < 1.29 is 22.4 Å². The summed E-state index contributed by atoms with van der Waals surface area (Å²) in [6, 6.07) is 10.1. The smallest absolute Gasteiger partial charge is 0.309 e. The Morgan fingerprint density at radius 1 is 1.14 bits per heavy atom. The van der Waals surface area contributed by atoms with Crippen LogP contribution in [0.25, 0.3) is 5.69 Å². The molecule has 0 spiro atoms. The summed E-state index contributed by atoms with van der Waals surface area (Å²) in [6.07, 6.45) is 0.520. The molecule has 0 bridgehead atoms. The van der Waals surface area contributed by atoms with E-state index in [4.69, 9.17) is 0 Å². The van der Waals surface area contributed by atoms with Crippen LogP contribution in [0.5, 0.6) is 0 Å². The molecule has 3 rings (SSSR count). The molecule has 0 aliphatic carbocycles. The Morgan fingerprint density at radius 2 is 1.82 bits per heavy atom. The second kappa shape index (κ2) is 7.30. The lowest BCUT2D eigenvalue weighted by atomic mass is 10.2. The van der Waals surface area contributed by atoms with Crippen LogP contribution in [0.4, 0.5) is 23.2 Å². The number of hydrogen-bond acceptors (Lipinski definition) is 2. The Labute approximate surface area is 158 Å². The number of anilines is 1. The fourth-order valence-corrected chi connectivity index (χ4v) is 2.56. The summed E-state index contributed by atoms with van der Waals surface area (Å²) in [5.41, 5.74) is 0.601. The van der Waals surface area contributed by atoms with Crippen molar-refractivity contribution in [2.24, 2.45) is 0 Å². The fourth-order valence-electron chi connectivity index (χ4n) is 2.56. The van der Waals surface area contributed by atoms with E-state index in [1.165, 1.54) is 22.9 Å². The van der Waals surface area contributed by atoms with Gasteiger partial charge in [0.15, 0.2) is 0 Å². The summed E-state index contributed by atoms with van der Waals surface area (Å²) in [4.78, 5) is 12.1. The lowest BCUT2D eigenvalue weighted by molar-refractivity contribution is 0.0472. The zero-order valence-electron chi connectivity index (χ0n) is 14.7. The van der Waals surface area contributed by atoms with Gasteiger partial charge in [-0.2, -0.15) is 13.9 Å². The van der Waals surface area contributed by atoms with Gasteiger partial charge in [-0.25, -0.2) is 13.5 Å². The van der Waals surface area contributed by atoms with Gasteiger partial charge in [-0.15, -0.1) is 0 Å². The Kier molecular flexibility index (Phi) is 5.04. The fraction of sp³-hybridized carbons (Fsp3) is 0.100. The Morgan fingerprint density at radius 3 is 2.43 bits per heavy atom. The van der Waals surface area contributed by atoms with E-state index in [-0.39, 0.29) is 5.56 Å². The zero-order valence-corrected chi connectivity index (χ0v) is 14.7. The highest BCUT2D eigenvalue weighted by Gasteiger charge is 2.31. The molecule has 1 aromatic heterocycles. The molecule has 0 aliphatic rings. The van der Waals surface area contributed by atoms with Crippen LogP contribution in [0.15, 0.2) is 61.2 Å². The lowest BCUT2D eigenvalue weighted by Gasteiger charge is -2.09. The van der Waals surface area contributed by atoms with Gasteiger partial charge in [0.05, 0.1) is 11.3 Å². The number of rotatable bonds is 5. The van der Waals surface area contributed by atoms with Crippen LogP contribution in [-0.2, 0) is 5.92 Å². The molecule has 144 valence electrons. The third kappa shape index (κ3) is 3.80. The van der Waals surface area contributed by atoms with Gasteiger partial charge in [0.2, 0.25) is 0 Å². The quantitative estimate of drug-likeness (QED) is 0.494. The molecular weight excluding hydrogens is 374 g/mol. The van der Waals surface area contributed by atoms with Gasteiger partial charge in [-0.05, 0) is 55.5 Å². The first-order valence-corrected chi connectivity index (χ1v) is 8.16. The second-order valence-corrected chi connectivity index (χ2v) is 6.04. The summed E-state index contributed by atoms with van der Waals surface area (Å²) < 4.78 is 55.4. The van der Waals surface area contributed by atoms with Crippen molar-refractivity contribution >= 4 is 11.6 Å². The van der Waals surface area contributed by atoms with Crippen LogP contribution in [0.2, 0.25) is 0 Å². The molecule has 1 heterocycles. The van der Waals surface area contributed by atoms with Gasteiger partial charge >= 0.3 is 5.92 Å². The monoisotopic (exact) mass is 389 g/mol. The van der Waals surface area contributed by atoms with Gasteiger partial charge in [-0.3, -0.25) is 4.79 Å². The summed E-state index contributed by atoms with van der Waals surface area (Å²) in [7, 11) is 0. The lowest BCUT2D eigenvalue weighted by Crippen LogP contribution is -2.14. The minimum absolute atomic E-state index is 0.301. The molecule has 0 atom stereocenters. The van der Waals surface area contributed by atoms with Crippen LogP contribution in [0.1, 0.15) is 21.7 Å². The van der Waals surface area contributed by atoms with Crippen LogP contribution in [0, 0.1) is 18.6 Å². The normalized spacial score (nSPS) is 11.3. The second-order valence-electron chi connectivity index (χ2n) is 6.04. The molecule has 0 fully saturated rings. The first-order chi connectivity index (χ1) is 13.2. The van der Waals surface area contributed by atoms with Gasteiger partial charge < -0.3 is 5.32 Å². The number of alkyl halides is 2. The summed E-state index contributed by atoms with van der Waals surface area (Å²) >= 11 is 0. The molecule has 0 radical (unpaired) electrons. The van der Waals surface area contributed by atoms with E-state index in [2.05, 4.69) is 17.0 Å².